The van der Waals surface area contributed by atoms with Gasteiger partial charge in [-0.3, -0.25) is 14.4 Å². The molecule has 1 rings (SSSR count). The van der Waals surface area contributed by atoms with Crippen LogP contribution in [-0.2, 0) is 23.9 Å². The molecular formula is C22H36O6. The average Bonchev–Trinajstić information content (AvgIpc) is 2.90. The Labute approximate surface area is 168 Å². The van der Waals surface area contributed by atoms with E-state index in [2.05, 4.69) is 6.92 Å². The van der Waals surface area contributed by atoms with Gasteiger partial charge in [0.15, 0.2) is 11.2 Å². The number of carbonyl (C=O) groups is 3. The summed E-state index contributed by atoms with van der Waals surface area (Å²) in [6.45, 7) is 7.41. The number of hydrogen-bond acceptors (Lipinski definition) is 6. The number of esters is 2. The highest BCUT2D eigenvalue weighted by atomic mass is 16.6. The molecule has 1 N–H and O–H groups in total. The van der Waals surface area contributed by atoms with E-state index in [9.17, 15) is 19.5 Å². The van der Waals surface area contributed by atoms with Gasteiger partial charge in [0.25, 0.3) is 0 Å². The van der Waals surface area contributed by atoms with Crippen LogP contribution >= 0.6 is 0 Å². The lowest BCUT2D eigenvalue weighted by Crippen LogP contribution is -2.44. The number of unbranched alkanes of at least 4 members (excludes halogenated alkanes) is 5. The molecule has 0 spiro atoms. The lowest BCUT2D eigenvalue weighted by molar-refractivity contribution is -0.174. The number of carbonyl (C=O) groups excluding carboxylic acids is 3. The number of allylic oxidation sites excluding steroid dienone is 1. The Morgan fingerprint density at radius 2 is 1.54 bits per heavy atom. The Balaban J connectivity index is 2.87. The van der Waals surface area contributed by atoms with Crippen molar-refractivity contribution >= 4 is 17.7 Å². The highest BCUT2D eigenvalue weighted by molar-refractivity contribution is 6.02. The van der Waals surface area contributed by atoms with Gasteiger partial charge in [-0.15, -0.1) is 0 Å². The molecule has 0 aromatic rings. The molecule has 0 amide bonds. The van der Waals surface area contributed by atoms with Crippen LogP contribution in [0.3, 0.4) is 0 Å². The molecule has 0 saturated heterocycles. The summed E-state index contributed by atoms with van der Waals surface area (Å²) in [5.41, 5.74) is -1.19. The van der Waals surface area contributed by atoms with Gasteiger partial charge in [-0.05, 0) is 31.9 Å². The highest BCUT2D eigenvalue weighted by Crippen LogP contribution is 2.48. The molecule has 28 heavy (non-hydrogen) atoms. The van der Waals surface area contributed by atoms with Crippen LogP contribution in [0, 0.1) is 11.3 Å². The Morgan fingerprint density at radius 1 is 1.00 bits per heavy atom. The van der Waals surface area contributed by atoms with Gasteiger partial charge in [0.2, 0.25) is 0 Å². The Kier molecular flexibility index (Phi) is 10.4. The summed E-state index contributed by atoms with van der Waals surface area (Å²) < 4.78 is 10.2. The number of rotatable bonds is 12. The summed E-state index contributed by atoms with van der Waals surface area (Å²) in [7, 11) is 0. The number of ketones is 1. The fourth-order valence-electron chi connectivity index (χ4n) is 3.85. The Hall–Kier alpha value is -1.69. The molecule has 1 saturated carbocycles. The molecule has 0 aliphatic heterocycles. The van der Waals surface area contributed by atoms with Crippen LogP contribution in [0.1, 0.15) is 79.1 Å². The summed E-state index contributed by atoms with van der Waals surface area (Å²) in [4.78, 5) is 37.6. The summed E-state index contributed by atoms with van der Waals surface area (Å²) in [6, 6.07) is 0. The van der Waals surface area contributed by atoms with Crippen LogP contribution in [0.15, 0.2) is 11.6 Å². The van der Waals surface area contributed by atoms with E-state index in [0.717, 1.165) is 19.3 Å². The minimum atomic E-state index is -1.60. The molecule has 2 atom stereocenters. The van der Waals surface area contributed by atoms with Gasteiger partial charge in [0.1, 0.15) is 0 Å². The fourth-order valence-corrected chi connectivity index (χ4v) is 3.85. The van der Waals surface area contributed by atoms with Crippen molar-refractivity contribution in [2.45, 2.75) is 85.2 Å². The molecule has 1 aliphatic rings. The first-order chi connectivity index (χ1) is 13.3. The van der Waals surface area contributed by atoms with Crippen LogP contribution in [0.25, 0.3) is 0 Å². The van der Waals surface area contributed by atoms with Crippen LogP contribution in [0.2, 0.25) is 0 Å². The van der Waals surface area contributed by atoms with E-state index in [0.29, 0.717) is 12.0 Å². The van der Waals surface area contributed by atoms with E-state index in [1.165, 1.54) is 25.3 Å². The summed E-state index contributed by atoms with van der Waals surface area (Å²) in [5, 5.41) is 10.5. The van der Waals surface area contributed by atoms with Crippen molar-refractivity contribution in [2.75, 3.05) is 13.2 Å². The van der Waals surface area contributed by atoms with Gasteiger partial charge in [0.05, 0.1) is 19.3 Å². The van der Waals surface area contributed by atoms with Gasteiger partial charge < -0.3 is 14.6 Å². The van der Waals surface area contributed by atoms with E-state index in [1.54, 1.807) is 20.8 Å². The molecule has 0 aromatic heterocycles. The summed E-state index contributed by atoms with van der Waals surface area (Å²) in [6.07, 6.45) is 7.16. The zero-order valence-electron chi connectivity index (χ0n) is 17.8. The molecule has 1 aliphatic carbocycles. The molecular weight excluding hydrogens is 360 g/mol. The standard InChI is InChI=1S/C22H36O6/c1-5-8-9-10-11-12-13-17(23)14-18-16(4)22(15-19(18)24,20(25)27-6-2)21(26)28-7-3/h14,16,19,24H,5-13,15H2,1-4H3/b18-14-. The van der Waals surface area contributed by atoms with E-state index >= 15 is 0 Å². The normalized spacial score (nSPS) is 22.2. The second-order valence-electron chi connectivity index (χ2n) is 7.48. The quantitative estimate of drug-likeness (QED) is 0.234. The van der Waals surface area contributed by atoms with E-state index < -0.39 is 29.4 Å². The van der Waals surface area contributed by atoms with Gasteiger partial charge >= 0.3 is 11.9 Å². The maximum Gasteiger partial charge on any atom is 0.324 e. The first-order valence-corrected chi connectivity index (χ1v) is 10.6. The number of hydrogen-bond donors (Lipinski definition) is 1. The van der Waals surface area contributed by atoms with Gasteiger partial charge in [-0.1, -0.05) is 46.0 Å². The maximum atomic E-state index is 12.6. The Bertz CT molecular complexity index is 547. The smallest absolute Gasteiger partial charge is 0.324 e. The fraction of sp³-hybridized carbons (Fsp3) is 0.773. The highest BCUT2D eigenvalue weighted by Gasteiger charge is 2.60. The van der Waals surface area contributed by atoms with Crippen LogP contribution in [0.4, 0.5) is 0 Å². The lowest BCUT2D eigenvalue weighted by Gasteiger charge is -2.28. The zero-order valence-corrected chi connectivity index (χ0v) is 17.8. The maximum absolute atomic E-state index is 12.6. The number of aliphatic hydroxyl groups excluding tert-OH is 1. The van der Waals surface area contributed by atoms with Crippen LogP contribution in [0.5, 0.6) is 0 Å². The topological polar surface area (TPSA) is 89.9 Å². The van der Waals surface area contributed by atoms with Crippen molar-refractivity contribution < 1.29 is 29.0 Å². The zero-order chi connectivity index (χ0) is 21.2. The van der Waals surface area contributed by atoms with Crippen LogP contribution in [-0.4, -0.2) is 42.1 Å². The van der Waals surface area contributed by atoms with E-state index in [-0.39, 0.29) is 25.4 Å². The summed E-state index contributed by atoms with van der Waals surface area (Å²) >= 11 is 0. The molecule has 6 nitrogen and oxygen atoms in total. The predicted octanol–water partition coefficient (Wildman–Crippen LogP) is 3.75. The second-order valence-corrected chi connectivity index (χ2v) is 7.48. The third kappa shape index (κ3) is 5.90. The first kappa shape index (κ1) is 24.3. The van der Waals surface area contributed by atoms with Crippen molar-refractivity contribution in [2.24, 2.45) is 11.3 Å². The first-order valence-electron chi connectivity index (χ1n) is 10.6. The van der Waals surface area contributed by atoms with Gasteiger partial charge in [0, 0.05) is 18.8 Å². The summed E-state index contributed by atoms with van der Waals surface area (Å²) in [5.74, 6) is -2.15. The SMILES string of the molecule is CCCCCCCCC(=O)/C=C1\C(O)CC(C(=O)OCC)(C(=O)OCC)C1C. The minimum Gasteiger partial charge on any atom is -0.465 e. The van der Waals surface area contributed by atoms with Gasteiger partial charge in [-0.2, -0.15) is 0 Å². The molecule has 0 bridgehead atoms. The number of aliphatic hydroxyl groups is 1. The van der Waals surface area contributed by atoms with Crippen LogP contribution < -0.4 is 0 Å². The molecule has 0 heterocycles. The molecule has 2 unspecified atom stereocenters. The number of ether oxygens (including phenoxy) is 2. The third-order valence-electron chi connectivity index (χ3n) is 5.52. The van der Waals surface area contributed by atoms with Gasteiger partial charge in [-0.25, -0.2) is 0 Å². The van der Waals surface area contributed by atoms with Crippen molar-refractivity contribution in [3.8, 4) is 0 Å². The lowest BCUT2D eigenvalue weighted by atomic mass is 9.77. The molecule has 0 aromatic carbocycles. The Morgan fingerprint density at radius 3 is 2.07 bits per heavy atom. The van der Waals surface area contributed by atoms with Crippen molar-refractivity contribution in [3.05, 3.63) is 11.6 Å². The van der Waals surface area contributed by atoms with Crippen molar-refractivity contribution in [3.63, 3.8) is 0 Å². The monoisotopic (exact) mass is 396 g/mol. The minimum absolute atomic E-state index is 0.0834. The van der Waals surface area contributed by atoms with E-state index in [4.69, 9.17) is 9.47 Å². The largest absolute Gasteiger partial charge is 0.465 e. The molecule has 0 radical (unpaired) electrons. The second kappa shape index (κ2) is 12.0. The molecule has 160 valence electrons. The molecule has 6 heteroatoms. The average molecular weight is 397 g/mol. The van der Waals surface area contributed by atoms with Crippen molar-refractivity contribution in [1.29, 1.82) is 0 Å². The van der Waals surface area contributed by atoms with E-state index in [1.807, 2.05) is 0 Å². The third-order valence-corrected chi connectivity index (χ3v) is 5.52. The molecule has 1 fully saturated rings. The van der Waals surface area contributed by atoms with Crippen molar-refractivity contribution in [1.82, 2.24) is 0 Å². The predicted molar refractivity (Wildman–Crippen MR) is 107 cm³/mol.